The third kappa shape index (κ3) is 3.70. The first-order valence-corrected chi connectivity index (χ1v) is 10.7. The Kier molecular flexibility index (Phi) is 5.09. The highest BCUT2D eigenvalue weighted by atomic mass is 16.5. The Morgan fingerprint density at radius 1 is 1.16 bits per heavy atom. The number of aryl methyl sites for hydroxylation is 2. The van der Waals surface area contributed by atoms with Gasteiger partial charge in [-0.3, -0.25) is 4.79 Å². The van der Waals surface area contributed by atoms with Gasteiger partial charge in [-0.15, -0.1) is 0 Å². The normalized spacial score (nSPS) is 15.5. The number of nitrogens with one attached hydrogen (secondary N) is 2. The molecule has 7 nitrogen and oxygen atoms in total. The zero-order chi connectivity index (χ0) is 22.2. The molecule has 7 heteroatoms. The van der Waals surface area contributed by atoms with Crippen molar-refractivity contribution in [3.8, 4) is 11.5 Å². The molecule has 2 N–H and O–H groups in total. The lowest BCUT2D eigenvalue weighted by Crippen LogP contribution is -2.34. The number of hydrogen-bond acceptors (Lipinski definition) is 5. The molecule has 2 aromatic heterocycles. The first-order valence-electron chi connectivity index (χ1n) is 10.7. The van der Waals surface area contributed by atoms with Gasteiger partial charge < -0.3 is 24.2 Å². The second kappa shape index (κ2) is 8.07. The lowest BCUT2D eigenvalue weighted by molar-refractivity contribution is -0.124. The van der Waals surface area contributed by atoms with Crippen LogP contribution in [-0.4, -0.2) is 24.6 Å². The van der Waals surface area contributed by atoms with Crippen LogP contribution in [0.25, 0.3) is 21.9 Å². The summed E-state index contributed by atoms with van der Waals surface area (Å²) >= 11 is 0. The van der Waals surface area contributed by atoms with Crippen LogP contribution in [0.4, 0.5) is 0 Å². The zero-order valence-corrected chi connectivity index (χ0v) is 18.0. The maximum Gasteiger partial charge on any atom is 0.336 e. The van der Waals surface area contributed by atoms with Gasteiger partial charge in [0, 0.05) is 34.1 Å². The number of benzene rings is 2. The van der Waals surface area contributed by atoms with Crippen molar-refractivity contribution in [2.45, 2.75) is 32.2 Å². The van der Waals surface area contributed by atoms with E-state index in [-0.39, 0.29) is 18.6 Å². The lowest BCUT2D eigenvalue weighted by atomic mass is 9.91. The highest BCUT2D eigenvalue weighted by Crippen LogP contribution is 2.36. The smallest absolute Gasteiger partial charge is 0.336 e. The van der Waals surface area contributed by atoms with Crippen molar-refractivity contribution < 1.29 is 18.7 Å². The second-order valence-corrected chi connectivity index (χ2v) is 8.14. The topological polar surface area (TPSA) is 93.6 Å². The van der Waals surface area contributed by atoms with Gasteiger partial charge in [0.05, 0.1) is 13.2 Å². The summed E-state index contributed by atoms with van der Waals surface area (Å²) in [6, 6.07) is 12.6. The zero-order valence-electron chi connectivity index (χ0n) is 18.0. The van der Waals surface area contributed by atoms with E-state index in [9.17, 15) is 9.59 Å². The number of ether oxygens (including phenoxy) is 2. The third-order valence-corrected chi connectivity index (χ3v) is 6.04. The summed E-state index contributed by atoms with van der Waals surface area (Å²) in [6.45, 7) is 1.73. The van der Waals surface area contributed by atoms with E-state index in [2.05, 4.69) is 10.3 Å². The van der Waals surface area contributed by atoms with Crippen molar-refractivity contribution in [3.05, 3.63) is 69.7 Å². The molecule has 1 aliphatic carbocycles. The van der Waals surface area contributed by atoms with Crippen LogP contribution in [0.5, 0.6) is 11.5 Å². The Labute approximate surface area is 184 Å². The van der Waals surface area contributed by atoms with Crippen molar-refractivity contribution in [2.24, 2.45) is 0 Å². The molecule has 4 aromatic rings. The Balaban J connectivity index is 1.30. The SMILES string of the molecule is COc1ccc2[nH]c3c(c2c1)CCCC3NC(=O)COc1ccc2c(C)cc(=O)oc2c1. The van der Waals surface area contributed by atoms with E-state index in [1.54, 1.807) is 19.2 Å². The summed E-state index contributed by atoms with van der Waals surface area (Å²) in [5.41, 5.74) is 4.20. The number of carbonyl (C=O) groups excluding carboxylic acids is 1. The molecule has 0 saturated heterocycles. The van der Waals surface area contributed by atoms with Gasteiger partial charge in [-0.25, -0.2) is 4.79 Å². The maximum atomic E-state index is 12.6. The van der Waals surface area contributed by atoms with E-state index >= 15 is 0 Å². The number of fused-ring (bicyclic) bond motifs is 4. The molecule has 2 heterocycles. The quantitative estimate of drug-likeness (QED) is 0.462. The Bertz CT molecular complexity index is 1380. The number of aromatic amines is 1. The highest BCUT2D eigenvalue weighted by molar-refractivity contribution is 5.87. The van der Waals surface area contributed by atoms with E-state index in [0.29, 0.717) is 11.3 Å². The van der Waals surface area contributed by atoms with Crippen molar-refractivity contribution in [1.82, 2.24) is 10.3 Å². The monoisotopic (exact) mass is 432 g/mol. The minimum Gasteiger partial charge on any atom is -0.497 e. The number of amides is 1. The lowest BCUT2D eigenvalue weighted by Gasteiger charge is -2.24. The van der Waals surface area contributed by atoms with Gasteiger partial charge in [-0.05, 0) is 67.6 Å². The molecule has 164 valence electrons. The third-order valence-electron chi connectivity index (χ3n) is 6.04. The molecular weight excluding hydrogens is 408 g/mol. The predicted molar refractivity (Wildman–Crippen MR) is 121 cm³/mol. The molecule has 0 radical (unpaired) electrons. The van der Waals surface area contributed by atoms with Crippen LogP contribution in [-0.2, 0) is 11.2 Å². The van der Waals surface area contributed by atoms with Gasteiger partial charge in [0.1, 0.15) is 17.1 Å². The predicted octanol–water partition coefficient (Wildman–Crippen LogP) is 4.16. The van der Waals surface area contributed by atoms with Crippen molar-refractivity contribution in [2.75, 3.05) is 13.7 Å². The minimum atomic E-state index is -0.408. The highest BCUT2D eigenvalue weighted by Gasteiger charge is 2.26. The van der Waals surface area contributed by atoms with Gasteiger partial charge in [0.2, 0.25) is 0 Å². The van der Waals surface area contributed by atoms with Gasteiger partial charge >= 0.3 is 5.63 Å². The molecule has 0 bridgehead atoms. The van der Waals surface area contributed by atoms with Gasteiger partial charge in [0.25, 0.3) is 5.91 Å². The molecule has 0 saturated carbocycles. The van der Waals surface area contributed by atoms with Crippen molar-refractivity contribution >= 4 is 27.8 Å². The molecule has 2 aromatic carbocycles. The summed E-state index contributed by atoms with van der Waals surface area (Å²) in [4.78, 5) is 27.7. The van der Waals surface area contributed by atoms with Gasteiger partial charge in [-0.2, -0.15) is 0 Å². The molecule has 32 heavy (non-hydrogen) atoms. The number of hydrogen-bond donors (Lipinski definition) is 2. The van der Waals surface area contributed by atoms with Crippen LogP contribution in [0.1, 0.15) is 35.7 Å². The fourth-order valence-corrected chi connectivity index (χ4v) is 4.49. The number of methoxy groups -OCH3 is 1. The van der Waals surface area contributed by atoms with Crippen molar-refractivity contribution in [1.29, 1.82) is 0 Å². The Morgan fingerprint density at radius 2 is 2.00 bits per heavy atom. The van der Waals surface area contributed by atoms with Crippen LogP contribution in [0.15, 0.2) is 51.7 Å². The summed E-state index contributed by atoms with van der Waals surface area (Å²) in [5.74, 6) is 1.09. The summed E-state index contributed by atoms with van der Waals surface area (Å²) in [6.07, 6.45) is 2.82. The van der Waals surface area contributed by atoms with E-state index in [0.717, 1.165) is 52.6 Å². The Morgan fingerprint density at radius 3 is 2.84 bits per heavy atom. The molecular formula is C25H24N2O5. The molecule has 0 aliphatic heterocycles. The van der Waals surface area contributed by atoms with Crippen LogP contribution in [0.3, 0.4) is 0 Å². The summed E-state index contributed by atoms with van der Waals surface area (Å²) < 4.78 is 16.3. The number of carbonyl (C=O) groups is 1. The first-order chi connectivity index (χ1) is 15.5. The number of aromatic nitrogens is 1. The molecule has 1 aliphatic rings. The minimum absolute atomic E-state index is 0.0921. The van der Waals surface area contributed by atoms with Crippen LogP contribution >= 0.6 is 0 Å². The van der Waals surface area contributed by atoms with Gasteiger partial charge in [0.15, 0.2) is 6.61 Å². The standard InChI is InChI=1S/C25H24N2O5/c1-14-10-24(29)32-22-12-16(6-8-17(14)22)31-13-23(28)26-21-5-3-4-18-19-11-15(30-2)7-9-20(19)27-25(18)21/h6-12,21,27H,3-5,13H2,1-2H3,(H,26,28). The van der Waals surface area contributed by atoms with E-state index in [1.165, 1.54) is 11.6 Å². The molecule has 1 atom stereocenters. The van der Waals surface area contributed by atoms with Crippen molar-refractivity contribution in [3.63, 3.8) is 0 Å². The van der Waals surface area contributed by atoms with E-state index in [4.69, 9.17) is 13.9 Å². The average Bonchev–Trinajstić information content (AvgIpc) is 3.16. The first kappa shape index (κ1) is 20.2. The molecule has 0 spiro atoms. The fraction of sp³-hybridized carbons (Fsp3) is 0.280. The van der Waals surface area contributed by atoms with E-state index in [1.807, 2.05) is 31.2 Å². The maximum absolute atomic E-state index is 12.6. The number of H-pyrrole nitrogens is 1. The molecule has 1 amide bonds. The number of rotatable bonds is 5. The molecule has 5 rings (SSSR count). The average molecular weight is 432 g/mol. The van der Waals surface area contributed by atoms with E-state index < -0.39 is 5.63 Å². The van der Waals surface area contributed by atoms with Gasteiger partial charge in [-0.1, -0.05) is 0 Å². The van der Waals surface area contributed by atoms with Crippen LogP contribution in [0, 0.1) is 6.92 Å². The molecule has 0 fully saturated rings. The second-order valence-electron chi connectivity index (χ2n) is 8.14. The van der Waals surface area contributed by atoms with Crippen LogP contribution < -0.4 is 20.4 Å². The van der Waals surface area contributed by atoms with Crippen LogP contribution in [0.2, 0.25) is 0 Å². The largest absolute Gasteiger partial charge is 0.497 e. The molecule has 1 unspecified atom stereocenters. The summed E-state index contributed by atoms with van der Waals surface area (Å²) in [5, 5.41) is 5.07. The Hall–Kier alpha value is -3.74. The summed E-state index contributed by atoms with van der Waals surface area (Å²) in [7, 11) is 1.66. The fourth-order valence-electron chi connectivity index (χ4n) is 4.49.